The first-order valence-corrected chi connectivity index (χ1v) is 25.2. The lowest BCUT2D eigenvalue weighted by Gasteiger charge is -2.13. The number of aliphatic hydroxyl groups excluding tert-OH is 1. The summed E-state index contributed by atoms with van der Waals surface area (Å²) in [6.07, 6.45) is 10.0. The van der Waals surface area contributed by atoms with Gasteiger partial charge in [-0.3, -0.25) is 14.1 Å². The predicted molar refractivity (Wildman–Crippen MR) is 241 cm³/mol. The Bertz CT molecular complexity index is 1120. The molecule has 21 nitrogen and oxygen atoms in total. The Hall–Kier alpha value is -1.71. The van der Waals surface area contributed by atoms with E-state index >= 15 is 0 Å². The molecule has 0 heterocycles. The molecule has 0 saturated carbocycles. The Morgan fingerprint density at radius 3 is 0.894 bits per heavy atom. The second kappa shape index (κ2) is 52.7. The third kappa shape index (κ3) is 50.2. The number of unbranched alkanes of at least 4 members (excludes halogenated alkanes) is 9. The smallest absolute Gasteiger partial charge is 0.327 e. The minimum Gasteiger partial charge on any atom is -0.465 e. The van der Waals surface area contributed by atoms with Gasteiger partial charge in [0.2, 0.25) is 0 Å². The van der Waals surface area contributed by atoms with Crippen LogP contribution in [0.5, 0.6) is 0 Å². The van der Waals surface area contributed by atoms with E-state index in [-0.39, 0.29) is 39.6 Å². The van der Waals surface area contributed by atoms with Crippen molar-refractivity contribution in [1.29, 1.82) is 0 Å². The van der Waals surface area contributed by atoms with Gasteiger partial charge >= 0.3 is 11.9 Å². The van der Waals surface area contributed by atoms with E-state index < -0.39 is 33.7 Å². The van der Waals surface area contributed by atoms with Crippen LogP contribution in [0.3, 0.4) is 0 Å². The second-order valence-electron chi connectivity index (χ2n) is 14.5. The maximum Gasteiger partial charge on any atom is 0.327 e. The number of carbonyl (C=O) groups excluding carboxylic acids is 2. The van der Waals surface area contributed by atoms with Gasteiger partial charge in [0.1, 0.15) is 6.61 Å². The molecule has 0 aliphatic heterocycles. The zero-order valence-electron chi connectivity index (χ0n) is 39.9. The SMILES string of the molecule is CCCCCCCCCCCCOC(=O)C(CC(=O)OCCOCCOCCOCCOCCOCCOCCOCCOCCOCCOCCOCCOCCOCCO)S(=O)(=O)O. The van der Waals surface area contributed by atoms with Gasteiger partial charge in [-0.15, -0.1) is 0 Å². The fourth-order valence-corrected chi connectivity index (χ4v) is 6.05. The van der Waals surface area contributed by atoms with E-state index in [1.165, 1.54) is 38.5 Å². The van der Waals surface area contributed by atoms with Gasteiger partial charge in [-0.1, -0.05) is 64.7 Å². The van der Waals surface area contributed by atoms with Gasteiger partial charge in [-0.2, -0.15) is 8.42 Å². The summed E-state index contributed by atoms with van der Waals surface area (Å²) < 4.78 is 113. The molecule has 0 spiro atoms. The molecule has 394 valence electrons. The average molecular weight is 983 g/mol. The summed E-state index contributed by atoms with van der Waals surface area (Å²) in [5.41, 5.74) is 0. The predicted octanol–water partition coefficient (Wildman–Crippen LogP) is 2.85. The summed E-state index contributed by atoms with van der Waals surface area (Å²) in [5.74, 6) is -2.15. The Morgan fingerprint density at radius 2 is 0.621 bits per heavy atom. The number of carbonyl (C=O) groups is 2. The van der Waals surface area contributed by atoms with Gasteiger partial charge in [0.15, 0.2) is 5.25 Å². The van der Waals surface area contributed by atoms with Gasteiger partial charge in [0, 0.05) is 0 Å². The molecular weight excluding hydrogens is 897 g/mol. The highest BCUT2D eigenvalue weighted by molar-refractivity contribution is 7.87. The van der Waals surface area contributed by atoms with E-state index in [4.69, 9.17) is 76.2 Å². The highest BCUT2D eigenvalue weighted by atomic mass is 32.2. The lowest BCUT2D eigenvalue weighted by Crippen LogP contribution is -2.34. The molecule has 1 unspecified atom stereocenters. The third-order valence-corrected chi connectivity index (χ3v) is 9.99. The van der Waals surface area contributed by atoms with Crippen molar-refractivity contribution in [3.8, 4) is 0 Å². The Morgan fingerprint density at radius 1 is 0.364 bits per heavy atom. The summed E-state index contributed by atoms with van der Waals surface area (Å²) in [6, 6.07) is 0. The fraction of sp³-hybridized carbons (Fsp3) is 0.955. The van der Waals surface area contributed by atoms with Crippen LogP contribution in [-0.4, -0.2) is 227 Å². The molecule has 0 aromatic heterocycles. The maximum atomic E-state index is 12.3. The molecule has 0 bridgehead atoms. The van der Waals surface area contributed by atoms with E-state index in [9.17, 15) is 22.6 Å². The van der Waals surface area contributed by atoms with Gasteiger partial charge in [-0.05, 0) is 6.42 Å². The minimum atomic E-state index is -4.86. The summed E-state index contributed by atoms with van der Waals surface area (Å²) in [6.45, 7) is 12.8. The van der Waals surface area contributed by atoms with Crippen molar-refractivity contribution in [2.75, 3.05) is 192 Å². The van der Waals surface area contributed by atoms with Crippen LogP contribution < -0.4 is 0 Å². The number of hydrogen-bond donors (Lipinski definition) is 2. The van der Waals surface area contributed by atoms with Crippen LogP contribution >= 0.6 is 0 Å². The number of ether oxygens (including phenoxy) is 15. The van der Waals surface area contributed by atoms with Crippen LogP contribution in [0.15, 0.2) is 0 Å². The monoisotopic (exact) mass is 983 g/mol. The van der Waals surface area contributed by atoms with Crippen molar-refractivity contribution < 1.29 is 98.7 Å². The maximum absolute atomic E-state index is 12.3. The number of hydrogen-bond acceptors (Lipinski definition) is 20. The fourth-order valence-electron chi connectivity index (χ4n) is 5.40. The first-order valence-electron chi connectivity index (χ1n) is 23.7. The molecule has 0 rings (SSSR count). The molecule has 0 radical (unpaired) electrons. The lowest BCUT2D eigenvalue weighted by atomic mass is 10.1. The van der Waals surface area contributed by atoms with Gasteiger partial charge in [-0.25, -0.2) is 0 Å². The van der Waals surface area contributed by atoms with E-state index in [2.05, 4.69) is 6.92 Å². The lowest BCUT2D eigenvalue weighted by molar-refractivity contribution is -0.151. The highest BCUT2D eigenvalue weighted by Gasteiger charge is 2.35. The van der Waals surface area contributed by atoms with E-state index in [0.717, 1.165) is 19.3 Å². The highest BCUT2D eigenvalue weighted by Crippen LogP contribution is 2.12. The van der Waals surface area contributed by atoms with Crippen LogP contribution in [0.2, 0.25) is 0 Å². The first kappa shape index (κ1) is 64.3. The molecule has 0 aliphatic rings. The Balaban J connectivity index is 3.39. The number of rotatable bonds is 56. The van der Waals surface area contributed by atoms with Crippen LogP contribution in [0.4, 0.5) is 0 Å². The molecule has 0 aromatic rings. The standard InChI is InChI=1S/C44H86O21S/c1-2-3-4-5-6-7-8-9-10-11-13-65-44(47)42(66(48,49)50)41-43(46)64-40-39-63-38-37-62-36-35-61-34-33-60-32-31-59-30-29-58-28-27-57-26-25-56-24-23-55-22-21-54-20-19-53-18-17-52-16-15-51-14-12-45/h42,45H,2-41H2,1H3,(H,48,49,50). The third-order valence-electron chi connectivity index (χ3n) is 8.91. The van der Waals surface area contributed by atoms with Crippen LogP contribution in [0.25, 0.3) is 0 Å². The van der Waals surface area contributed by atoms with Gasteiger partial charge in [0.05, 0.1) is 191 Å². The molecule has 0 fully saturated rings. The Kier molecular flexibility index (Phi) is 51.3. The van der Waals surface area contributed by atoms with Gasteiger partial charge in [0.25, 0.3) is 10.1 Å². The largest absolute Gasteiger partial charge is 0.465 e. The van der Waals surface area contributed by atoms with Crippen LogP contribution in [0.1, 0.15) is 77.6 Å². The summed E-state index contributed by atoms with van der Waals surface area (Å²) in [4.78, 5) is 24.4. The molecule has 66 heavy (non-hydrogen) atoms. The van der Waals surface area contributed by atoms with Crippen LogP contribution in [-0.2, 0) is 90.8 Å². The van der Waals surface area contributed by atoms with Crippen molar-refractivity contribution in [2.45, 2.75) is 82.8 Å². The first-order chi connectivity index (χ1) is 32.3. The molecule has 0 aliphatic carbocycles. The second-order valence-corrected chi connectivity index (χ2v) is 16.1. The summed E-state index contributed by atoms with van der Waals surface area (Å²) >= 11 is 0. The molecule has 1 atom stereocenters. The quantitative estimate of drug-likeness (QED) is 0.0505. The van der Waals surface area contributed by atoms with E-state index in [1.54, 1.807) is 0 Å². The number of esters is 2. The van der Waals surface area contributed by atoms with Crippen LogP contribution in [0, 0.1) is 0 Å². The average Bonchev–Trinajstić information content (AvgIpc) is 3.30. The zero-order chi connectivity index (χ0) is 48.1. The zero-order valence-corrected chi connectivity index (χ0v) is 40.7. The topological polar surface area (TPSA) is 247 Å². The Labute approximate surface area is 394 Å². The van der Waals surface area contributed by atoms with Gasteiger partial charge < -0.3 is 76.2 Å². The molecule has 0 saturated heterocycles. The van der Waals surface area contributed by atoms with Crippen molar-refractivity contribution in [1.82, 2.24) is 0 Å². The van der Waals surface area contributed by atoms with Crippen molar-refractivity contribution >= 4 is 22.1 Å². The number of aliphatic hydroxyl groups is 1. The summed E-state index contributed by atoms with van der Waals surface area (Å²) in [7, 11) is -4.86. The molecule has 2 N–H and O–H groups in total. The minimum absolute atomic E-state index is 0.0116. The van der Waals surface area contributed by atoms with E-state index in [1.807, 2.05) is 0 Å². The van der Waals surface area contributed by atoms with Crippen molar-refractivity contribution in [3.63, 3.8) is 0 Å². The molecule has 0 amide bonds. The molecular formula is C44H86O21S. The van der Waals surface area contributed by atoms with Crippen molar-refractivity contribution in [2.24, 2.45) is 0 Å². The molecule has 0 aromatic carbocycles. The van der Waals surface area contributed by atoms with E-state index in [0.29, 0.717) is 158 Å². The normalized spacial score (nSPS) is 12.2. The molecule has 22 heteroatoms. The summed E-state index contributed by atoms with van der Waals surface area (Å²) in [5, 5.41) is 6.56. The van der Waals surface area contributed by atoms with Crippen molar-refractivity contribution in [3.05, 3.63) is 0 Å².